The van der Waals surface area contributed by atoms with E-state index in [4.69, 9.17) is 7.16 Å². The Morgan fingerprint density at radius 1 is 0.750 bits per heavy atom. The van der Waals surface area contributed by atoms with Gasteiger partial charge in [-0.2, -0.15) is 0 Å². The minimum Gasteiger partial charge on any atom is 0 e. The number of nitrogens with zero attached hydrogens (tertiary/aromatic N) is 2. The SMILES string of the molecule is [2H]C(C)(C)c1ccnc(-c2[c-]cc(-c3ccccc3)c3c2oc2cc(C([2H])(C)C)ccc23)c1.[CH3][Ge]([CH3])([CH3])[c]1ccc(-c2[c-]cccc2)nc1.[Ir]. The molecule has 7 rings (SSSR count). The van der Waals surface area contributed by atoms with Crippen LogP contribution in [0.15, 0.2) is 120 Å². The Kier molecular flexibility index (Phi) is 10.3. The summed E-state index contributed by atoms with van der Waals surface area (Å²) in [6.07, 6.45) is 3.78. The molecule has 48 heavy (non-hydrogen) atoms. The van der Waals surface area contributed by atoms with Crippen LogP contribution in [-0.4, -0.2) is 23.2 Å². The molecule has 0 amide bonds. The van der Waals surface area contributed by atoms with Crippen molar-refractivity contribution in [1.29, 1.82) is 0 Å². The van der Waals surface area contributed by atoms with Crippen molar-refractivity contribution >= 4 is 39.6 Å². The van der Waals surface area contributed by atoms with Gasteiger partial charge < -0.3 is 9.40 Å². The van der Waals surface area contributed by atoms with E-state index >= 15 is 0 Å². The van der Waals surface area contributed by atoms with Crippen molar-refractivity contribution in [2.45, 2.75) is 56.8 Å². The van der Waals surface area contributed by atoms with Gasteiger partial charge in [-0.3, -0.25) is 0 Å². The molecule has 245 valence electrons. The third kappa shape index (κ3) is 7.73. The molecule has 0 saturated heterocycles. The molecule has 0 aliphatic carbocycles. The number of benzene rings is 4. The molecular weight excluding hydrogens is 825 g/mol. The van der Waals surface area contributed by atoms with E-state index < -0.39 is 25.1 Å². The molecule has 0 aliphatic rings. The van der Waals surface area contributed by atoms with E-state index in [0.29, 0.717) is 0 Å². The minimum absolute atomic E-state index is 0. The van der Waals surface area contributed by atoms with Gasteiger partial charge in [0.1, 0.15) is 5.58 Å². The van der Waals surface area contributed by atoms with Crippen LogP contribution in [0.5, 0.6) is 0 Å². The van der Waals surface area contributed by atoms with Gasteiger partial charge >= 0.3 is 99.8 Å². The first-order valence-corrected chi connectivity index (χ1v) is 23.4. The van der Waals surface area contributed by atoms with Crippen molar-refractivity contribution in [3.8, 4) is 33.6 Å². The van der Waals surface area contributed by atoms with Crippen LogP contribution in [0.1, 0.15) is 53.4 Å². The predicted molar refractivity (Wildman–Crippen MR) is 201 cm³/mol. The van der Waals surface area contributed by atoms with Crippen molar-refractivity contribution in [1.82, 2.24) is 9.97 Å². The van der Waals surface area contributed by atoms with E-state index in [1.807, 2.05) is 107 Å². The van der Waals surface area contributed by atoms with Crippen molar-refractivity contribution in [3.63, 3.8) is 0 Å². The normalized spacial score (nSPS) is 12.5. The number of furan rings is 1. The maximum Gasteiger partial charge on any atom is 0 e. The average molecular weight is 870 g/mol. The fourth-order valence-electron chi connectivity index (χ4n) is 5.60. The number of hydrogen-bond donors (Lipinski definition) is 0. The smallest absolute Gasteiger partial charge is 0 e. The quantitative estimate of drug-likeness (QED) is 0.123. The van der Waals surface area contributed by atoms with Gasteiger partial charge in [0.25, 0.3) is 0 Å². The second kappa shape index (κ2) is 15.2. The first-order chi connectivity index (χ1) is 23.2. The Morgan fingerprint density at radius 3 is 2.12 bits per heavy atom. The molecule has 1 radical (unpaired) electrons. The van der Waals surface area contributed by atoms with E-state index in [1.54, 1.807) is 6.20 Å². The maximum absolute atomic E-state index is 8.44. The van der Waals surface area contributed by atoms with Gasteiger partial charge in [-0.25, -0.2) is 0 Å². The zero-order chi connectivity index (χ0) is 35.0. The summed E-state index contributed by atoms with van der Waals surface area (Å²) < 4.78 is 24.8. The van der Waals surface area contributed by atoms with Crippen LogP contribution < -0.4 is 4.40 Å². The van der Waals surface area contributed by atoms with Crippen LogP contribution in [0.25, 0.3) is 55.6 Å². The molecular formula is C43H42GeIrN2O-2. The molecule has 4 aromatic carbocycles. The molecule has 7 aromatic rings. The van der Waals surface area contributed by atoms with Gasteiger partial charge in [0.15, 0.2) is 0 Å². The minimum atomic E-state index is -1.72. The number of hydrogen-bond acceptors (Lipinski definition) is 3. The number of pyridine rings is 2. The summed E-state index contributed by atoms with van der Waals surface area (Å²) in [5.74, 6) is 5.69. The molecule has 3 aromatic heterocycles. The van der Waals surface area contributed by atoms with Crippen LogP contribution >= 0.6 is 0 Å². The van der Waals surface area contributed by atoms with Crippen LogP contribution in [-0.2, 0) is 20.1 Å². The molecule has 0 bridgehead atoms. The van der Waals surface area contributed by atoms with Gasteiger partial charge in [-0.05, 0) is 40.6 Å². The average Bonchev–Trinajstić information content (AvgIpc) is 3.47. The van der Waals surface area contributed by atoms with Crippen molar-refractivity contribution in [2.75, 3.05) is 0 Å². The molecule has 3 heterocycles. The van der Waals surface area contributed by atoms with Gasteiger partial charge in [-0.1, -0.05) is 98.5 Å². The molecule has 0 unspecified atom stereocenters. The molecule has 5 heteroatoms. The van der Waals surface area contributed by atoms with Crippen LogP contribution in [0, 0.1) is 12.1 Å². The molecule has 0 fully saturated rings. The third-order valence-electron chi connectivity index (χ3n) is 8.42. The maximum atomic E-state index is 8.44. The second-order valence-electron chi connectivity index (χ2n) is 13.3. The zero-order valence-electron chi connectivity index (χ0n) is 30.6. The first-order valence-electron chi connectivity index (χ1n) is 17.1. The Balaban J connectivity index is 0.000000241. The summed E-state index contributed by atoms with van der Waals surface area (Å²) in [7, 11) is 0. The van der Waals surface area contributed by atoms with E-state index in [2.05, 4.69) is 69.7 Å². The van der Waals surface area contributed by atoms with E-state index in [1.165, 1.54) is 4.40 Å². The third-order valence-corrected chi connectivity index (χ3v) is 12.7. The number of rotatable bonds is 6. The van der Waals surface area contributed by atoms with Crippen molar-refractivity contribution < 1.29 is 27.3 Å². The Hall–Kier alpha value is -3.83. The number of aromatic nitrogens is 2. The first kappa shape index (κ1) is 32.7. The molecule has 0 N–H and O–H groups in total. The summed E-state index contributed by atoms with van der Waals surface area (Å²) in [6, 6.07) is 41.0. The largest absolute Gasteiger partial charge is 0 e. The Bertz CT molecular complexity index is 2220. The van der Waals surface area contributed by atoms with Crippen molar-refractivity contribution in [3.05, 3.63) is 139 Å². The molecule has 0 saturated carbocycles. The summed E-state index contributed by atoms with van der Waals surface area (Å²) in [5, 5.41) is 2.01. The summed E-state index contributed by atoms with van der Waals surface area (Å²) in [4.78, 5) is 9.13. The van der Waals surface area contributed by atoms with Gasteiger partial charge in [0.05, 0.1) is 5.58 Å². The predicted octanol–water partition coefficient (Wildman–Crippen LogP) is 11.5. The molecule has 3 nitrogen and oxygen atoms in total. The summed E-state index contributed by atoms with van der Waals surface area (Å²) >= 11 is -1.72. The van der Waals surface area contributed by atoms with E-state index in [-0.39, 0.29) is 20.1 Å². The van der Waals surface area contributed by atoms with E-state index in [9.17, 15) is 0 Å². The second-order valence-corrected chi connectivity index (χ2v) is 24.0. The van der Waals surface area contributed by atoms with Crippen LogP contribution in [0.2, 0.25) is 17.3 Å². The van der Waals surface area contributed by atoms with Gasteiger partial charge in [0, 0.05) is 34.4 Å². The topological polar surface area (TPSA) is 38.9 Å². The number of fused-ring (bicyclic) bond motifs is 3. The van der Waals surface area contributed by atoms with Gasteiger partial charge in [-0.15, -0.1) is 12.1 Å². The molecule has 0 atom stereocenters. The monoisotopic (exact) mass is 871 g/mol. The fourth-order valence-corrected chi connectivity index (χ4v) is 7.77. The van der Waals surface area contributed by atoms with Crippen LogP contribution in [0.4, 0.5) is 0 Å². The molecule has 0 spiro atoms. The fraction of sp³-hybridized carbons (Fsp3) is 0.209. The van der Waals surface area contributed by atoms with Gasteiger partial charge in [0.2, 0.25) is 0 Å². The van der Waals surface area contributed by atoms with Crippen LogP contribution in [0.3, 0.4) is 0 Å². The Labute approximate surface area is 304 Å². The standard InChI is InChI=1S/C29H26NO.C14H16GeN.Ir/c1-18(2)21-10-11-25-27(17-21)31-29-24(26-16-22(19(3)4)14-15-30-26)13-12-23(28(25)29)20-8-6-5-7-9-20;1-15(2,3)13-9-10-14(16-11-13)12-7-5-4-6-8-12;/h5-12,14-19H,1-4H3;4-7,9-11H,1-3H3;/q2*-1;/i18D,19D;;. The summed E-state index contributed by atoms with van der Waals surface area (Å²) in [5.41, 5.74) is 8.97. The zero-order valence-corrected chi connectivity index (χ0v) is 33.1. The Morgan fingerprint density at radius 2 is 1.48 bits per heavy atom. The van der Waals surface area contributed by atoms with E-state index in [0.717, 1.165) is 66.7 Å². The molecule has 0 aliphatic heterocycles. The summed E-state index contributed by atoms with van der Waals surface area (Å²) in [6.45, 7) is 7.50. The van der Waals surface area contributed by atoms with Crippen molar-refractivity contribution in [2.24, 2.45) is 0 Å².